The monoisotopic (exact) mass is 416 g/mol. The smallest absolute Gasteiger partial charge is 0.255 e. The number of hydrogen-bond acceptors (Lipinski definition) is 5. The zero-order valence-electron chi connectivity index (χ0n) is 17.1. The van der Waals surface area contributed by atoms with E-state index in [2.05, 4.69) is 15.2 Å². The summed E-state index contributed by atoms with van der Waals surface area (Å²) in [6.45, 7) is 3.49. The minimum absolute atomic E-state index is 0.160. The first kappa shape index (κ1) is 20.6. The van der Waals surface area contributed by atoms with Gasteiger partial charge < -0.3 is 15.8 Å². The molecule has 0 bridgehead atoms. The van der Waals surface area contributed by atoms with E-state index >= 15 is 0 Å². The second-order valence-electron chi connectivity index (χ2n) is 7.54. The van der Waals surface area contributed by atoms with Gasteiger partial charge in [0.25, 0.3) is 5.91 Å². The van der Waals surface area contributed by atoms with Crippen LogP contribution in [-0.2, 0) is 13.2 Å². The van der Waals surface area contributed by atoms with Gasteiger partial charge in [-0.25, -0.2) is 0 Å². The van der Waals surface area contributed by atoms with E-state index in [-0.39, 0.29) is 18.1 Å². The molecule has 2 aromatic carbocycles. The molecule has 3 aromatic rings. The van der Waals surface area contributed by atoms with Crippen LogP contribution in [0.2, 0.25) is 0 Å². The molecule has 7 nitrogen and oxygen atoms in total. The van der Waals surface area contributed by atoms with Crippen molar-refractivity contribution in [2.45, 2.75) is 19.6 Å². The van der Waals surface area contributed by atoms with Crippen molar-refractivity contribution in [3.05, 3.63) is 89.2 Å². The van der Waals surface area contributed by atoms with Crippen molar-refractivity contribution < 1.29 is 14.3 Å². The Morgan fingerprint density at radius 3 is 2.52 bits per heavy atom. The molecule has 3 N–H and O–H groups in total. The van der Waals surface area contributed by atoms with Crippen LogP contribution >= 0.6 is 0 Å². The summed E-state index contributed by atoms with van der Waals surface area (Å²) in [4.78, 5) is 30.2. The predicted molar refractivity (Wildman–Crippen MR) is 118 cm³/mol. The van der Waals surface area contributed by atoms with Gasteiger partial charge in [0, 0.05) is 24.0 Å². The summed E-state index contributed by atoms with van der Waals surface area (Å²) < 4.78 is 5.70. The number of anilines is 1. The van der Waals surface area contributed by atoms with Gasteiger partial charge in [-0.05, 0) is 61.0 Å². The van der Waals surface area contributed by atoms with Gasteiger partial charge in [0.1, 0.15) is 12.4 Å². The number of ether oxygens (including phenoxy) is 1. The van der Waals surface area contributed by atoms with Crippen LogP contribution in [0.25, 0.3) is 0 Å². The topological polar surface area (TPSA) is 97.5 Å². The molecule has 31 heavy (non-hydrogen) atoms. The van der Waals surface area contributed by atoms with E-state index in [9.17, 15) is 9.59 Å². The number of hydrogen-bond donors (Lipinski definition) is 2. The number of aromatic nitrogens is 1. The summed E-state index contributed by atoms with van der Waals surface area (Å²) in [6.07, 6.45) is 4.17. The fourth-order valence-electron chi connectivity index (χ4n) is 3.30. The number of nitrogens with zero attached hydrogens (tertiary/aromatic N) is 2. The number of carbonyl (C=O) groups excluding carboxylic acids is 2. The number of likely N-dealkylation sites (tertiary alicyclic amines) is 1. The molecule has 0 radical (unpaired) electrons. The van der Waals surface area contributed by atoms with Gasteiger partial charge in [0.15, 0.2) is 0 Å². The van der Waals surface area contributed by atoms with Gasteiger partial charge in [-0.1, -0.05) is 24.3 Å². The molecule has 4 rings (SSSR count). The van der Waals surface area contributed by atoms with Gasteiger partial charge >= 0.3 is 0 Å². The fraction of sp³-hybridized carbons (Fsp3) is 0.208. The number of pyridine rings is 1. The molecule has 0 atom stereocenters. The van der Waals surface area contributed by atoms with E-state index in [1.807, 2.05) is 48.5 Å². The lowest BCUT2D eigenvalue weighted by molar-refractivity contribution is 0.0997. The largest absolute Gasteiger partial charge is 0.487 e. The standard InChI is InChI=1S/C24H24N4O3/c25-23(29)20-12-22(14-26-13-20)31-16-18-3-1-4-21(11-18)27-24(30)19-7-5-17(6-8-19)15-28-9-2-10-28/h1,3-8,11-14H,2,9-10,15-16H2,(H2,25,29)(H,27,30). The summed E-state index contributed by atoms with van der Waals surface area (Å²) in [5, 5.41) is 2.92. The molecule has 2 amide bonds. The zero-order chi connectivity index (χ0) is 21.6. The number of carbonyl (C=O) groups is 2. The summed E-state index contributed by atoms with van der Waals surface area (Å²) in [7, 11) is 0. The number of primary amides is 1. The number of benzene rings is 2. The Morgan fingerprint density at radius 2 is 1.81 bits per heavy atom. The molecule has 0 saturated carbocycles. The third-order valence-electron chi connectivity index (χ3n) is 5.16. The predicted octanol–water partition coefficient (Wildman–Crippen LogP) is 3.22. The maximum absolute atomic E-state index is 12.6. The second kappa shape index (κ2) is 9.40. The maximum Gasteiger partial charge on any atom is 0.255 e. The molecule has 0 spiro atoms. The molecule has 1 aromatic heterocycles. The maximum atomic E-state index is 12.6. The third-order valence-corrected chi connectivity index (χ3v) is 5.16. The number of nitrogens with one attached hydrogen (secondary N) is 1. The van der Waals surface area contributed by atoms with Crippen molar-refractivity contribution in [3.63, 3.8) is 0 Å². The highest BCUT2D eigenvalue weighted by Gasteiger charge is 2.14. The molecule has 0 aliphatic carbocycles. The minimum Gasteiger partial charge on any atom is -0.487 e. The lowest BCUT2D eigenvalue weighted by Crippen LogP contribution is -2.36. The summed E-state index contributed by atoms with van der Waals surface area (Å²) in [6, 6.07) is 16.7. The van der Waals surface area contributed by atoms with Gasteiger partial charge in [0.2, 0.25) is 5.91 Å². The van der Waals surface area contributed by atoms with E-state index in [4.69, 9.17) is 10.5 Å². The van der Waals surface area contributed by atoms with E-state index in [0.29, 0.717) is 17.0 Å². The van der Waals surface area contributed by atoms with Crippen LogP contribution in [0.1, 0.15) is 38.3 Å². The van der Waals surface area contributed by atoms with Crippen LogP contribution in [-0.4, -0.2) is 34.8 Å². The quantitative estimate of drug-likeness (QED) is 0.588. The first-order chi connectivity index (χ1) is 15.1. The molecule has 1 aliphatic rings. The van der Waals surface area contributed by atoms with Crippen molar-refractivity contribution in [1.82, 2.24) is 9.88 Å². The summed E-state index contributed by atoms with van der Waals surface area (Å²) in [5.74, 6) is -0.271. The first-order valence-electron chi connectivity index (χ1n) is 10.2. The average molecular weight is 416 g/mol. The van der Waals surface area contributed by atoms with Crippen LogP contribution in [0.5, 0.6) is 5.75 Å². The van der Waals surface area contributed by atoms with E-state index < -0.39 is 5.91 Å². The van der Waals surface area contributed by atoms with Crippen LogP contribution in [0.3, 0.4) is 0 Å². The van der Waals surface area contributed by atoms with Crippen molar-refractivity contribution in [2.75, 3.05) is 18.4 Å². The van der Waals surface area contributed by atoms with Crippen molar-refractivity contribution >= 4 is 17.5 Å². The Balaban J connectivity index is 1.35. The Labute approximate surface area is 180 Å². The van der Waals surface area contributed by atoms with Crippen LogP contribution in [0, 0.1) is 0 Å². The normalized spacial score (nSPS) is 13.3. The minimum atomic E-state index is -0.559. The molecule has 158 valence electrons. The van der Waals surface area contributed by atoms with Gasteiger partial charge in [-0.15, -0.1) is 0 Å². The van der Waals surface area contributed by atoms with Gasteiger partial charge in [-0.2, -0.15) is 0 Å². The summed E-state index contributed by atoms with van der Waals surface area (Å²) >= 11 is 0. The van der Waals surface area contributed by atoms with Crippen molar-refractivity contribution in [1.29, 1.82) is 0 Å². The van der Waals surface area contributed by atoms with Crippen LogP contribution in [0.4, 0.5) is 5.69 Å². The fourth-order valence-corrected chi connectivity index (χ4v) is 3.30. The Kier molecular flexibility index (Phi) is 6.24. The highest BCUT2D eigenvalue weighted by atomic mass is 16.5. The molecular weight excluding hydrogens is 392 g/mol. The Hall–Kier alpha value is -3.71. The lowest BCUT2D eigenvalue weighted by Gasteiger charge is -2.30. The molecule has 1 aliphatic heterocycles. The van der Waals surface area contributed by atoms with E-state index in [1.54, 1.807) is 6.07 Å². The average Bonchev–Trinajstić information content (AvgIpc) is 2.76. The van der Waals surface area contributed by atoms with Crippen molar-refractivity contribution in [2.24, 2.45) is 5.73 Å². The summed E-state index contributed by atoms with van der Waals surface area (Å²) in [5.41, 5.74) is 8.93. The number of amides is 2. The van der Waals surface area contributed by atoms with Gasteiger partial charge in [0.05, 0.1) is 11.8 Å². The highest BCUT2D eigenvalue weighted by Crippen LogP contribution is 2.17. The lowest BCUT2D eigenvalue weighted by atomic mass is 10.1. The highest BCUT2D eigenvalue weighted by molar-refractivity contribution is 6.04. The zero-order valence-corrected chi connectivity index (χ0v) is 17.1. The molecule has 7 heteroatoms. The molecule has 0 unspecified atom stereocenters. The number of nitrogens with two attached hydrogens (primary N) is 1. The van der Waals surface area contributed by atoms with Crippen LogP contribution < -0.4 is 15.8 Å². The SMILES string of the molecule is NC(=O)c1cncc(OCc2cccc(NC(=O)c3ccc(CN4CCC4)cc3)c2)c1. The van der Waals surface area contributed by atoms with Crippen LogP contribution in [0.15, 0.2) is 67.0 Å². The van der Waals surface area contributed by atoms with E-state index in [0.717, 1.165) is 25.2 Å². The second-order valence-corrected chi connectivity index (χ2v) is 7.54. The molecule has 2 heterocycles. The third kappa shape index (κ3) is 5.46. The number of rotatable bonds is 8. The van der Waals surface area contributed by atoms with Gasteiger partial charge in [-0.3, -0.25) is 19.5 Å². The van der Waals surface area contributed by atoms with E-state index in [1.165, 1.54) is 24.4 Å². The molecule has 1 saturated heterocycles. The Bertz CT molecular complexity index is 1080. The first-order valence-corrected chi connectivity index (χ1v) is 10.2. The molecule has 1 fully saturated rings. The molecular formula is C24H24N4O3. The van der Waals surface area contributed by atoms with Crippen molar-refractivity contribution in [3.8, 4) is 5.75 Å². The Morgan fingerprint density at radius 1 is 1.00 bits per heavy atom.